The summed E-state index contributed by atoms with van der Waals surface area (Å²) < 4.78 is 13.6. The lowest BCUT2D eigenvalue weighted by atomic mass is 9.92. The maximum absolute atomic E-state index is 13.3. The number of hydroxylamine groups is 1. The van der Waals surface area contributed by atoms with Gasteiger partial charge in [0.1, 0.15) is 11.6 Å². The standard InChI is InChI=1S/C19H17BrFN5O2/c20-15-10-14(1-2-16(15)21)24-19(25-28)18(27)13-4-7-26(8-5-13)17-9-12(11-22)3-6-23-17/h1-3,6,9-10,13,28H,4-5,7-8H2,(H,24,25). The fraction of sp³-hybridized carbons (Fsp3) is 0.263. The van der Waals surface area contributed by atoms with E-state index in [0.29, 0.717) is 43.0 Å². The number of carbonyl (C=O) groups is 1. The summed E-state index contributed by atoms with van der Waals surface area (Å²) in [5.41, 5.74) is 2.74. The van der Waals surface area contributed by atoms with Crippen molar-refractivity contribution in [3.8, 4) is 6.07 Å². The summed E-state index contributed by atoms with van der Waals surface area (Å²) in [4.78, 5) is 23.1. The smallest absolute Gasteiger partial charge is 0.203 e. The van der Waals surface area contributed by atoms with Crippen LogP contribution in [0.4, 0.5) is 15.9 Å². The van der Waals surface area contributed by atoms with Crippen molar-refractivity contribution < 1.29 is 14.4 Å². The zero-order valence-electron chi connectivity index (χ0n) is 14.8. The van der Waals surface area contributed by atoms with Crippen LogP contribution in [0, 0.1) is 23.1 Å². The molecular weight excluding hydrogens is 429 g/mol. The number of hydrogen-bond acceptors (Lipinski definition) is 6. The molecule has 0 amide bonds. The molecule has 7 nitrogen and oxygen atoms in total. The third-order valence-corrected chi connectivity index (χ3v) is 5.16. The van der Waals surface area contributed by atoms with Crippen LogP contribution in [-0.2, 0) is 4.79 Å². The number of hydrogen-bond donors (Lipinski definition) is 2. The molecule has 1 aliphatic heterocycles. The molecule has 0 bridgehead atoms. The number of benzene rings is 1. The first-order chi connectivity index (χ1) is 13.5. The van der Waals surface area contributed by atoms with Crippen LogP contribution in [0.15, 0.2) is 46.0 Å². The second kappa shape index (κ2) is 8.91. The Balaban J connectivity index is 1.68. The van der Waals surface area contributed by atoms with E-state index in [2.05, 4.69) is 32.0 Å². The third-order valence-electron chi connectivity index (χ3n) is 4.55. The molecule has 28 heavy (non-hydrogen) atoms. The van der Waals surface area contributed by atoms with E-state index in [0.717, 1.165) is 0 Å². The number of halogens is 2. The molecule has 1 saturated heterocycles. The second-order valence-corrected chi connectivity index (χ2v) is 7.17. The minimum atomic E-state index is -0.440. The van der Waals surface area contributed by atoms with Crippen molar-refractivity contribution in [2.75, 3.05) is 18.0 Å². The number of rotatable bonds is 4. The van der Waals surface area contributed by atoms with E-state index in [1.807, 2.05) is 10.4 Å². The van der Waals surface area contributed by atoms with Gasteiger partial charge in [0.15, 0.2) is 5.84 Å². The molecule has 2 heterocycles. The Morgan fingerprint density at radius 3 is 2.75 bits per heavy atom. The quantitative estimate of drug-likeness (QED) is 0.425. The van der Waals surface area contributed by atoms with Crippen molar-refractivity contribution in [3.63, 3.8) is 0 Å². The van der Waals surface area contributed by atoms with Crippen LogP contribution in [0.5, 0.6) is 0 Å². The van der Waals surface area contributed by atoms with Crippen molar-refractivity contribution in [2.24, 2.45) is 10.9 Å². The van der Waals surface area contributed by atoms with Crippen molar-refractivity contribution >= 4 is 39.1 Å². The summed E-state index contributed by atoms with van der Waals surface area (Å²) in [6, 6.07) is 9.52. The van der Waals surface area contributed by atoms with E-state index in [1.54, 1.807) is 18.3 Å². The predicted molar refractivity (Wildman–Crippen MR) is 105 cm³/mol. The van der Waals surface area contributed by atoms with Gasteiger partial charge in [-0.2, -0.15) is 5.26 Å². The van der Waals surface area contributed by atoms with E-state index < -0.39 is 5.82 Å². The van der Waals surface area contributed by atoms with Crippen LogP contribution in [0.1, 0.15) is 18.4 Å². The number of piperidine rings is 1. The molecule has 0 aliphatic carbocycles. The lowest BCUT2D eigenvalue weighted by molar-refractivity contribution is -0.117. The van der Waals surface area contributed by atoms with Crippen LogP contribution < -0.4 is 10.4 Å². The van der Waals surface area contributed by atoms with Crippen LogP contribution in [0.2, 0.25) is 0 Å². The molecule has 0 atom stereocenters. The van der Waals surface area contributed by atoms with Gasteiger partial charge in [0.2, 0.25) is 5.78 Å². The highest BCUT2D eigenvalue weighted by atomic mass is 79.9. The first-order valence-electron chi connectivity index (χ1n) is 8.61. The van der Waals surface area contributed by atoms with Crippen molar-refractivity contribution in [1.82, 2.24) is 10.5 Å². The van der Waals surface area contributed by atoms with Gasteiger partial charge in [0.25, 0.3) is 0 Å². The Morgan fingerprint density at radius 1 is 1.36 bits per heavy atom. The molecule has 0 unspecified atom stereocenters. The largest absolute Gasteiger partial charge is 0.357 e. The lowest BCUT2D eigenvalue weighted by Crippen LogP contribution is -2.41. The molecule has 0 spiro atoms. The first-order valence-corrected chi connectivity index (χ1v) is 9.40. The number of Topliss-reactive ketones (excluding diaryl/α,β-unsaturated/α-hetero) is 1. The highest BCUT2D eigenvalue weighted by molar-refractivity contribution is 9.10. The van der Waals surface area contributed by atoms with E-state index >= 15 is 0 Å². The average molecular weight is 446 g/mol. The second-order valence-electron chi connectivity index (χ2n) is 6.31. The predicted octanol–water partition coefficient (Wildman–Crippen LogP) is 3.35. The minimum absolute atomic E-state index is 0.179. The summed E-state index contributed by atoms with van der Waals surface area (Å²) in [5, 5.41) is 18.4. The molecule has 0 radical (unpaired) electrons. The fourth-order valence-electron chi connectivity index (χ4n) is 3.04. The number of carbonyl (C=O) groups excluding carboxylic acids is 1. The van der Waals surface area contributed by atoms with Gasteiger partial charge in [-0.25, -0.2) is 19.8 Å². The Morgan fingerprint density at radius 2 is 2.11 bits per heavy atom. The summed E-state index contributed by atoms with van der Waals surface area (Å²) in [6.07, 6.45) is 2.71. The van der Waals surface area contributed by atoms with Crippen LogP contribution in [0.3, 0.4) is 0 Å². The summed E-state index contributed by atoms with van der Waals surface area (Å²) >= 11 is 3.07. The molecule has 1 aliphatic rings. The fourth-order valence-corrected chi connectivity index (χ4v) is 3.41. The highest BCUT2D eigenvalue weighted by Gasteiger charge is 2.28. The average Bonchev–Trinajstić information content (AvgIpc) is 2.74. The number of aromatic nitrogens is 1. The normalized spacial score (nSPS) is 15.2. The number of pyridine rings is 1. The van der Waals surface area contributed by atoms with Crippen LogP contribution in [0.25, 0.3) is 0 Å². The molecule has 0 saturated carbocycles. The molecule has 144 valence electrons. The summed E-state index contributed by atoms with van der Waals surface area (Å²) in [6.45, 7) is 1.19. The number of nitriles is 1. The molecule has 1 aromatic heterocycles. The van der Waals surface area contributed by atoms with Gasteiger partial charge in [-0.15, -0.1) is 0 Å². The van der Waals surface area contributed by atoms with Gasteiger partial charge in [0.05, 0.1) is 21.8 Å². The molecule has 2 aromatic rings. The number of nitrogens with one attached hydrogen (secondary N) is 1. The van der Waals surface area contributed by atoms with E-state index in [1.165, 1.54) is 18.2 Å². The summed E-state index contributed by atoms with van der Waals surface area (Å²) in [7, 11) is 0. The van der Waals surface area contributed by atoms with Gasteiger partial charge in [-0.05, 0) is 59.1 Å². The van der Waals surface area contributed by atoms with Crippen molar-refractivity contribution in [1.29, 1.82) is 5.26 Å². The van der Waals surface area contributed by atoms with Crippen LogP contribution >= 0.6 is 15.9 Å². The van der Waals surface area contributed by atoms with E-state index in [9.17, 15) is 14.4 Å². The highest BCUT2D eigenvalue weighted by Crippen LogP contribution is 2.25. The summed E-state index contributed by atoms with van der Waals surface area (Å²) in [5.74, 6) is -0.527. The van der Waals surface area contributed by atoms with Crippen molar-refractivity contribution in [2.45, 2.75) is 12.8 Å². The van der Waals surface area contributed by atoms with E-state index in [-0.39, 0.29) is 22.0 Å². The van der Waals surface area contributed by atoms with Gasteiger partial charge in [-0.3, -0.25) is 10.0 Å². The Hall–Kier alpha value is -2.83. The SMILES string of the molecule is N#Cc1ccnc(N2CCC(C(=O)C(=Nc3ccc(F)c(Br)c3)NO)CC2)c1. The molecular formula is C19H17BrFN5O2. The van der Waals surface area contributed by atoms with Crippen molar-refractivity contribution in [3.05, 3.63) is 52.4 Å². The topological polar surface area (TPSA) is 102 Å². The Bertz CT molecular complexity index is 952. The maximum atomic E-state index is 13.3. The minimum Gasteiger partial charge on any atom is -0.357 e. The van der Waals surface area contributed by atoms with Crippen LogP contribution in [-0.4, -0.2) is 34.9 Å². The first kappa shape index (κ1) is 19.9. The number of ketones is 1. The Labute approximate surface area is 169 Å². The van der Waals surface area contributed by atoms with Gasteiger partial charge < -0.3 is 4.90 Å². The molecule has 9 heteroatoms. The molecule has 1 fully saturated rings. The third kappa shape index (κ3) is 4.52. The molecule has 2 N–H and O–H groups in total. The number of anilines is 1. The van der Waals surface area contributed by atoms with Gasteiger partial charge in [0, 0.05) is 25.2 Å². The van der Waals surface area contributed by atoms with Gasteiger partial charge >= 0.3 is 0 Å². The number of aliphatic imine (C=N–C) groups is 1. The monoisotopic (exact) mass is 445 g/mol. The number of amidine groups is 1. The Kier molecular flexibility index (Phi) is 6.34. The lowest BCUT2D eigenvalue weighted by Gasteiger charge is -2.32. The zero-order chi connectivity index (χ0) is 20.1. The molecule has 3 rings (SSSR count). The zero-order valence-corrected chi connectivity index (χ0v) is 16.4. The van der Waals surface area contributed by atoms with Gasteiger partial charge in [-0.1, -0.05) is 0 Å². The maximum Gasteiger partial charge on any atom is 0.203 e. The molecule has 1 aromatic carbocycles. The number of nitrogens with zero attached hydrogens (tertiary/aromatic N) is 4. The van der Waals surface area contributed by atoms with E-state index in [4.69, 9.17) is 5.26 Å².